The standard InChI is InChI=1S/C13H21N3O3/c1-8-10(14)11(19-15-8)9-5-6-16(7-9)12(17)18-13(2,3)4/h9H,5-7,14H2,1-4H3. The minimum absolute atomic E-state index is 0.105. The molecule has 0 radical (unpaired) electrons. The third kappa shape index (κ3) is 3.00. The van der Waals surface area contributed by atoms with Crippen LogP contribution in [0.1, 0.15) is 44.6 Å². The molecule has 1 aromatic rings. The van der Waals surface area contributed by atoms with Crippen LogP contribution in [-0.4, -0.2) is 34.8 Å². The SMILES string of the molecule is Cc1noc(C2CCN(C(=O)OC(C)(C)C)C2)c1N. The van der Waals surface area contributed by atoms with E-state index in [1.165, 1.54) is 0 Å². The average molecular weight is 267 g/mol. The van der Waals surface area contributed by atoms with Crippen LogP contribution in [0.4, 0.5) is 10.5 Å². The van der Waals surface area contributed by atoms with Crippen molar-refractivity contribution in [1.29, 1.82) is 0 Å². The average Bonchev–Trinajstić information content (AvgIpc) is 2.85. The van der Waals surface area contributed by atoms with E-state index in [-0.39, 0.29) is 12.0 Å². The molecule has 0 bridgehead atoms. The number of aromatic nitrogens is 1. The van der Waals surface area contributed by atoms with Crippen LogP contribution in [0.15, 0.2) is 4.52 Å². The smallest absolute Gasteiger partial charge is 0.410 e. The van der Waals surface area contributed by atoms with Gasteiger partial charge in [0.05, 0.1) is 5.69 Å². The maximum atomic E-state index is 12.0. The molecule has 2 rings (SSSR count). The Labute approximate surface area is 112 Å². The van der Waals surface area contributed by atoms with Gasteiger partial charge in [0.25, 0.3) is 0 Å². The van der Waals surface area contributed by atoms with Gasteiger partial charge >= 0.3 is 6.09 Å². The van der Waals surface area contributed by atoms with E-state index < -0.39 is 5.60 Å². The van der Waals surface area contributed by atoms with Gasteiger partial charge in [-0.15, -0.1) is 0 Å². The molecule has 19 heavy (non-hydrogen) atoms. The number of nitrogens with two attached hydrogens (primary N) is 1. The van der Waals surface area contributed by atoms with Crippen LogP contribution in [0.25, 0.3) is 0 Å². The Kier molecular flexibility index (Phi) is 3.43. The van der Waals surface area contributed by atoms with Crippen LogP contribution >= 0.6 is 0 Å². The highest BCUT2D eigenvalue weighted by atomic mass is 16.6. The maximum absolute atomic E-state index is 12.0. The van der Waals surface area contributed by atoms with E-state index in [1.54, 1.807) is 4.90 Å². The van der Waals surface area contributed by atoms with Crippen molar-refractivity contribution in [3.05, 3.63) is 11.5 Å². The number of rotatable bonds is 1. The van der Waals surface area contributed by atoms with Gasteiger partial charge in [0, 0.05) is 19.0 Å². The monoisotopic (exact) mass is 267 g/mol. The predicted octanol–water partition coefficient (Wildman–Crippen LogP) is 2.29. The van der Waals surface area contributed by atoms with Gasteiger partial charge in [-0.05, 0) is 34.1 Å². The third-order valence-electron chi connectivity index (χ3n) is 3.15. The Morgan fingerprint density at radius 2 is 2.21 bits per heavy atom. The van der Waals surface area contributed by atoms with Crippen LogP contribution in [0.2, 0.25) is 0 Å². The first-order valence-corrected chi connectivity index (χ1v) is 6.47. The number of likely N-dealkylation sites (tertiary alicyclic amines) is 1. The topological polar surface area (TPSA) is 81.6 Å². The predicted molar refractivity (Wildman–Crippen MR) is 70.8 cm³/mol. The number of hydrogen-bond donors (Lipinski definition) is 1. The van der Waals surface area contributed by atoms with Crippen molar-refractivity contribution < 1.29 is 14.1 Å². The minimum Gasteiger partial charge on any atom is -0.444 e. The number of aryl methyl sites for hydroxylation is 1. The lowest BCUT2D eigenvalue weighted by Gasteiger charge is -2.24. The molecule has 1 amide bonds. The van der Waals surface area contributed by atoms with Crippen LogP contribution in [0, 0.1) is 6.92 Å². The highest BCUT2D eigenvalue weighted by Gasteiger charge is 2.33. The first-order chi connectivity index (χ1) is 8.78. The van der Waals surface area contributed by atoms with Crippen LogP contribution < -0.4 is 5.73 Å². The summed E-state index contributed by atoms with van der Waals surface area (Å²) in [4.78, 5) is 13.6. The Bertz CT molecular complexity index is 476. The van der Waals surface area contributed by atoms with E-state index >= 15 is 0 Å². The Morgan fingerprint density at radius 1 is 1.53 bits per heavy atom. The molecular weight excluding hydrogens is 246 g/mol. The molecular formula is C13H21N3O3. The quantitative estimate of drug-likeness (QED) is 0.844. The van der Waals surface area contributed by atoms with Crippen LogP contribution in [0.3, 0.4) is 0 Å². The molecule has 1 aromatic heterocycles. The van der Waals surface area contributed by atoms with Crippen molar-refractivity contribution in [2.75, 3.05) is 18.8 Å². The number of hydrogen-bond acceptors (Lipinski definition) is 5. The summed E-state index contributed by atoms with van der Waals surface area (Å²) in [7, 11) is 0. The van der Waals surface area contributed by atoms with E-state index in [9.17, 15) is 4.79 Å². The second-order valence-electron chi connectivity index (χ2n) is 5.96. The molecule has 1 aliphatic rings. The Balaban J connectivity index is 2.00. The largest absolute Gasteiger partial charge is 0.444 e. The fourth-order valence-corrected chi connectivity index (χ4v) is 2.16. The van der Waals surface area contributed by atoms with E-state index in [0.717, 1.165) is 6.42 Å². The molecule has 0 saturated carbocycles. The molecule has 106 valence electrons. The van der Waals surface area contributed by atoms with Gasteiger partial charge in [0.15, 0.2) is 5.76 Å². The zero-order valence-electron chi connectivity index (χ0n) is 11.9. The van der Waals surface area contributed by atoms with Gasteiger partial charge in [-0.25, -0.2) is 4.79 Å². The number of amides is 1. The summed E-state index contributed by atoms with van der Waals surface area (Å²) in [6.07, 6.45) is 0.530. The molecule has 1 aliphatic heterocycles. The van der Waals surface area contributed by atoms with Gasteiger partial charge in [-0.2, -0.15) is 0 Å². The second-order valence-corrected chi connectivity index (χ2v) is 5.96. The molecule has 0 aromatic carbocycles. The fraction of sp³-hybridized carbons (Fsp3) is 0.692. The summed E-state index contributed by atoms with van der Waals surface area (Å²) in [5, 5.41) is 3.86. The fourth-order valence-electron chi connectivity index (χ4n) is 2.16. The summed E-state index contributed by atoms with van der Waals surface area (Å²) in [6.45, 7) is 8.60. The highest BCUT2D eigenvalue weighted by Crippen LogP contribution is 2.32. The number of nitrogens with zero attached hydrogens (tertiary/aromatic N) is 2. The van der Waals surface area contributed by atoms with Gasteiger partial charge in [0.2, 0.25) is 0 Å². The molecule has 1 atom stereocenters. The Morgan fingerprint density at radius 3 is 2.74 bits per heavy atom. The molecule has 0 spiro atoms. The van der Waals surface area contributed by atoms with Crippen molar-refractivity contribution in [3.8, 4) is 0 Å². The number of anilines is 1. The molecule has 6 heteroatoms. The second kappa shape index (κ2) is 4.75. The van der Waals surface area contributed by atoms with Gasteiger partial charge in [-0.1, -0.05) is 5.16 Å². The van der Waals surface area contributed by atoms with Crippen molar-refractivity contribution in [1.82, 2.24) is 10.1 Å². The molecule has 2 N–H and O–H groups in total. The minimum atomic E-state index is -0.475. The lowest BCUT2D eigenvalue weighted by molar-refractivity contribution is 0.0291. The first kappa shape index (κ1) is 13.7. The number of carbonyl (C=O) groups excluding carboxylic acids is 1. The zero-order valence-corrected chi connectivity index (χ0v) is 11.9. The summed E-state index contributed by atoms with van der Waals surface area (Å²) in [5.74, 6) is 0.789. The van der Waals surface area contributed by atoms with Crippen molar-refractivity contribution in [2.45, 2.75) is 45.6 Å². The van der Waals surface area contributed by atoms with E-state index in [1.807, 2.05) is 27.7 Å². The zero-order chi connectivity index (χ0) is 14.2. The van der Waals surface area contributed by atoms with Gasteiger partial charge < -0.3 is 19.9 Å². The lowest BCUT2D eigenvalue weighted by atomic mass is 10.0. The molecule has 1 unspecified atom stereocenters. The molecule has 2 heterocycles. The van der Waals surface area contributed by atoms with Crippen molar-refractivity contribution in [2.24, 2.45) is 0 Å². The van der Waals surface area contributed by atoms with Crippen LogP contribution in [-0.2, 0) is 4.74 Å². The maximum Gasteiger partial charge on any atom is 0.410 e. The lowest BCUT2D eigenvalue weighted by Crippen LogP contribution is -2.35. The number of ether oxygens (including phenoxy) is 1. The van der Waals surface area contributed by atoms with Gasteiger partial charge in [0.1, 0.15) is 11.3 Å². The normalized spacial score (nSPS) is 19.8. The molecule has 1 fully saturated rings. The van der Waals surface area contributed by atoms with Crippen LogP contribution in [0.5, 0.6) is 0 Å². The summed E-state index contributed by atoms with van der Waals surface area (Å²) >= 11 is 0. The van der Waals surface area contributed by atoms with Crippen molar-refractivity contribution >= 4 is 11.8 Å². The number of nitrogen functional groups attached to an aromatic ring is 1. The van der Waals surface area contributed by atoms with Crippen molar-refractivity contribution in [3.63, 3.8) is 0 Å². The highest BCUT2D eigenvalue weighted by molar-refractivity contribution is 5.68. The molecule has 6 nitrogen and oxygen atoms in total. The molecule has 0 aliphatic carbocycles. The van der Waals surface area contributed by atoms with E-state index in [0.29, 0.717) is 30.2 Å². The van der Waals surface area contributed by atoms with E-state index in [2.05, 4.69) is 5.16 Å². The Hall–Kier alpha value is -1.72. The third-order valence-corrected chi connectivity index (χ3v) is 3.15. The summed E-state index contributed by atoms with van der Waals surface area (Å²) in [6, 6.07) is 0. The molecule has 1 saturated heterocycles. The number of carbonyl (C=O) groups is 1. The summed E-state index contributed by atoms with van der Waals surface area (Å²) in [5.41, 5.74) is 6.73. The van der Waals surface area contributed by atoms with Gasteiger partial charge in [-0.3, -0.25) is 0 Å². The first-order valence-electron chi connectivity index (χ1n) is 6.47. The summed E-state index contributed by atoms with van der Waals surface area (Å²) < 4.78 is 10.6. The van der Waals surface area contributed by atoms with E-state index in [4.69, 9.17) is 15.0 Å².